The normalized spacial score (nSPS) is 11.0. The Morgan fingerprint density at radius 1 is 1.38 bits per heavy atom. The fourth-order valence-electron chi connectivity index (χ4n) is 0.551. The van der Waals surface area contributed by atoms with Crippen molar-refractivity contribution in [1.29, 1.82) is 0 Å². The van der Waals surface area contributed by atoms with Crippen LogP contribution in [0.15, 0.2) is 18.6 Å². The summed E-state index contributed by atoms with van der Waals surface area (Å²) in [5, 5.41) is 2.27. The van der Waals surface area contributed by atoms with Crippen molar-refractivity contribution in [2.24, 2.45) is 0 Å². The SMILES string of the molecule is O=C(Nc1cnccn1)C(Cl)(Cl)Cl. The minimum atomic E-state index is -1.99. The molecule has 1 aromatic heterocycles. The number of nitrogens with one attached hydrogen (secondary N) is 1. The van der Waals surface area contributed by atoms with Crippen LogP contribution in [0.3, 0.4) is 0 Å². The number of nitrogens with zero attached hydrogens (tertiary/aromatic N) is 2. The van der Waals surface area contributed by atoms with E-state index in [9.17, 15) is 4.79 Å². The van der Waals surface area contributed by atoms with Crippen molar-refractivity contribution in [3.8, 4) is 0 Å². The lowest BCUT2D eigenvalue weighted by atomic mass is 10.6. The largest absolute Gasteiger partial charge is 0.306 e. The summed E-state index contributed by atoms with van der Waals surface area (Å²) in [5.74, 6) is -0.531. The summed E-state index contributed by atoms with van der Waals surface area (Å²) in [4.78, 5) is 18.5. The first kappa shape index (κ1) is 10.5. The van der Waals surface area contributed by atoms with Crippen LogP contribution in [-0.2, 0) is 4.79 Å². The van der Waals surface area contributed by atoms with Gasteiger partial charge in [-0.25, -0.2) is 4.98 Å². The molecule has 7 heteroatoms. The predicted octanol–water partition coefficient (Wildman–Crippen LogP) is 1.79. The average molecular weight is 240 g/mol. The molecule has 70 valence electrons. The number of anilines is 1. The van der Waals surface area contributed by atoms with Crippen molar-refractivity contribution in [3.63, 3.8) is 0 Å². The van der Waals surface area contributed by atoms with Gasteiger partial charge in [-0.2, -0.15) is 0 Å². The Morgan fingerprint density at radius 3 is 2.54 bits per heavy atom. The second kappa shape index (κ2) is 4.09. The zero-order valence-corrected chi connectivity index (χ0v) is 8.44. The molecule has 1 amide bonds. The first-order chi connectivity index (χ1) is 6.00. The van der Waals surface area contributed by atoms with E-state index < -0.39 is 9.70 Å². The van der Waals surface area contributed by atoms with Crippen LogP contribution in [0, 0.1) is 0 Å². The van der Waals surface area contributed by atoms with Gasteiger partial charge in [0.25, 0.3) is 9.70 Å². The molecule has 0 bridgehead atoms. The van der Waals surface area contributed by atoms with E-state index >= 15 is 0 Å². The molecule has 1 N–H and O–H groups in total. The van der Waals surface area contributed by atoms with Gasteiger partial charge in [-0.3, -0.25) is 9.78 Å². The van der Waals surface area contributed by atoms with Crippen LogP contribution in [0.25, 0.3) is 0 Å². The Kier molecular flexibility index (Phi) is 3.30. The van der Waals surface area contributed by atoms with Gasteiger partial charge in [-0.15, -0.1) is 0 Å². The molecule has 0 saturated heterocycles. The van der Waals surface area contributed by atoms with Crippen molar-refractivity contribution < 1.29 is 4.79 Å². The molecule has 1 aromatic rings. The summed E-state index contributed by atoms with van der Waals surface area (Å²) in [7, 11) is 0. The van der Waals surface area contributed by atoms with Crippen LogP contribution in [0.1, 0.15) is 0 Å². The summed E-state index contributed by atoms with van der Waals surface area (Å²) in [6, 6.07) is 0. The van der Waals surface area contributed by atoms with Gasteiger partial charge in [-0.05, 0) is 0 Å². The highest BCUT2D eigenvalue weighted by Crippen LogP contribution is 2.27. The molecule has 1 heterocycles. The molecule has 1 rings (SSSR count). The van der Waals surface area contributed by atoms with Gasteiger partial charge in [0.15, 0.2) is 5.82 Å². The minimum Gasteiger partial charge on any atom is -0.306 e. The number of amides is 1. The summed E-state index contributed by atoms with van der Waals surface area (Å²) in [6.45, 7) is 0. The van der Waals surface area contributed by atoms with E-state index in [0.717, 1.165) is 0 Å². The monoisotopic (exact) mass is 239 g/mol. The van der Waals surface area contributed by atoms with Crippen molar-refractivity contribution in [3.05, 3.63) is 18.6 Å². The summed E-state index contributed by atoms with van der Waals surface area (Å²) < 4.78 is -1.99. The standard InChI is InChI=1S/C6H4Cl3N3O/c7-6(8,9)5(13)12-4-3-10-1-2-11-4/h1-3H,(H,11,12,13). The van der Waals surface area contributed by atoms with Crippen LogP contribution in [0.5, 0.6) is 0 Å². The third-order valence-electron chi connectivity index (χ3n) is 1.06. The maximum absolute atomic E-state index is 11.1. The molecule has 0 aliphatic rings. The molecule has 0 radical (unpaired) electrons. The fourth-order valence-corrected chi connectivity index (χ4v) is 0.693. The predicted molar refractivity (Wildman–Crippen MR) is 51.0 cm³/mol. The molecule has 0 fully saturated rings. The van der Waals surface area contributed by atoms with Gasteiger partial charge in [0, 0.05) is 12.4 Å². The van der Waals surface area contributed by atoms with E-state index in [4.69, 9.17) is 34.8 Å². The van der Waals surface area contributed by atoms with E-state index in [2.05, 4.69) is 15.3 Å². The van der Waals surface area contributed by atoms with E-state index in [1.54, 1.807) is 0 Å². The molecule has 0 aliphatic heterocycles. The smallest absolute Gasteiger partial charge is 0.277 e. The van der Waals surface area contributed by atoms with E-state index in [0.29, 0.717) is 0 Å². The molecule has 0 atom stereocenters. The highest BCUT2D eigenvalue weighted by molar-refractivity contribution is 6.76. The second-order valence-corrected chi connectivity index (χ2v) is 4.32. The fraction of sp³-hybridized carbons (Fsp3) is 0.167. The maximum atomic E-state index is 11.1. The molecule has 0 aliphatic carbocycles. The Balaban J connectivity index is 2.66. The highest BCUT2D eigenvalue weighted by atomic mass is 35.6. The zero-order chi connectivity index (χ0) is 9.90. The maximum Gasteiger partial charge on any atom is 0.277 e. The number of hydrogen-bond donors (Lipinski definition) is 1. The second-order valence-electron chi connectivity index (χ2n) is 2.04. The molecule has 0 aromatic carbocycles. The van der Waals surface area contributed by atoms with Gasteiger partial charge in [-0.1, -0.05) is 34.8 Å². The van der Waals surface area contributed by atoms with Crippen molar-refractivity contribution in [2.45, 2.75) is 3.79 Å². The molecule has 0 spiro atoms. The van der Waals surface area contributed by atoms with Gasteiger partial charge in [0.2, 0.25) is 0 Å². The van der Waals surface area contributed by atoms with Crippen LogP contribution in [0.4, 0.5) is 5.82 Å². The van der Waals surface area contributed by atoms with Crippen LogP contribution >= 0.6 is 34.8 Å². The van der Waals surface area contributed by atoms with Crippen LogP contribution in [-0.4, -0.2) is 19.7 Å². The molecule has 13 heavy (non-hydrogen) atoms. The summed E-state index contributed by atoms with van der Waals surface area (Å²) in [5.41, 5.74) is 0. The Labute approximate surface area is 89.2 Å². The average Bonchev–Trinajstić information content (AvgIpc) is 2.04. The van der Waals surface area contributed by atoms with Crippen molar-refractivity contribution in [1.82, 2.24) is 9.97 Å². The lowest BCUT2D eigenvalue weighted by Gasteiger charge is -2.09. The molecular weight excluding hydrogens is 236 g/mol. The highest BCUT2D eigenvalue weighted by Gasteiger charge is 2.30. The Hall–Kier alpha value is -0.580. The van der Waals surface area contributed by atoms with Gasteiger partial charge >= 0.3 is 0 Å². The molecule has 0 unspecified atom stereocenters. The first-order valence-corrected chi connectivity index (χ1v) is 4.28. The summed E-state index contributed by atoms with van der Waals surface area (Å²) in [6.07, 6.45) is 4.22. The number of aromatic nitrogens is 2. The molecule has 0 saturated carbocycles. The minimum absolute atomic E-state index is 0.235. The molecule has 4 nitrogen and oxygen atoms in total. The number of rotatable bonds is 1. The number of carbonyl (C=O) groups excluding carboxylic acids is 1. The van der Waals surface area contributed by atoms with Crippen LogP contribution in [0.2, 0.25) is 0 Å². The first-order valence-electron chi connectivity index (χ1n) is 3.14. The lowest BCUT2D eigenvalue weighted by Crippen LogP contribution is -2.27. The third-order valence-corrected chi connectivity index (χ3v) is 1.58. The van der Waals surface area contributed by atoms with Gasteiger partial charge in [0.1, 0.15) is 0 Å². The molecular formula is C6H4Cl3N3O. The van der Waals surface area contributed by atoms with Gasteiger partial charge in [0.05, 0.1) is 6.20 Å². The quantitative estimate of drug-likeness (QED) is 0.761. The van der Waals surface area contributed by atoms with E-state index in [1.807, 2.05) is 0 Å². The van der Waals surface area contributed by atoms with Crippen molar-refractivity contribution in [2.75, 3.05) is 5.32 Å². The van der Waals surface area contributed by atoms with Gasteiger partial charge < -0.3 is 5.32 Å². The Morgan fingerprint density at radius 2 is 2.08 bits per heavy atom. The lowest BCUT2D eigenvalue weighted by molar-refractivity contribution is -0.115. The van der Waals surface area contributed by atoms with E-state index in [-0.39, 0.29) is 5.82 Å². The number of alkyl halides is 3. The number of halogens is 3. The number of hydrogen-bond acceptors (Lipinski definition) is 3. The topological polar surface area (TPSA) is 54.9 Å². The number of carbonyl (C=O) groups is 1. The Bertz CT molecular complexity index is 298. The summed E-state index contributed by atoms with van der Waals surface area (Å²) >= 11 is 15.9. The van der Waals surface area contributed by atoms with E-state index in [1.165, 1.54) is 18.6 Å². The third kappa shape index (κ3) is 3.34. The zero-order valence-electron chi connectivity index (χ0n) is 6.17. The van der Waals surface area contributed by atoms with Crippen molar-refractivity contribution >= 4 is 46.5 Å². The van der Waals surface area contributed by atoms with Crippen LogP contribution < -0.4 is 5.32 Å².